The van der Waals surface area contributed by atoms with Gasteiger partial charge in [-0.3, -0.25) is 4.79 Å². The van der Waals surface area contributed by atoms with Gasteiger partial charge in [-0.2, -0.15) is 0 Å². The highest BCUT2D eigenvalue weighted by Crippen LogP contribution is 2.40. The second-order valence-corrected chi connectivity index (χ2v) is 9.97. The van der Waals surface area contributed by atoms with Crippen molar-refractivity contribution in [3.63, 3.8) is 0 Å². The highest BCUT2D eigenvalue weighted by Gasteiger charge is 2.33. The van der Waals surface area contributed by atoms with Gasteiger partial charge in [-0.1, -0.05) is 6.07 Å². The lowest BCUT2D eigenvalue weighted by Crippen LogP contribution is -2.37. The van der Waals surface area contributed by atoms with Crippen LogP contribution in [0.25, 0.3) is 11.0 Å². The van der Waals surface area contributed by atoms with Gasteiger partial charge in [0.05, 0.1) is 11.8 Å². The third-order valence-corrected chi connectivity index (χ3v) is 8.81. The van der Waals surface area contributed by atoms with Gasteiger partial charge in [0.2, 0.25) is 0 Å². The standard InChI is InChI=1S/C23H22BrIN2O2/c24-22-17(4-1-5-20(22)25)23(28)26-15-6-7-21-18(12-15)19(13-29-21)14-8-10-27-9-2-3-16(27)11-14/h1,4-7,12-14,16H,2-3,8-11H2,(H,26,28). The SMILES string of the molecule is O=C(Nc1ccc2occ(C3CCN4CCCC4C3)c2c1)c1cccc(I)c1Br. The highest BCUT2D eigenvalue weighted by atomic mass is 127. The van der Waals surface area contributed by atoms with Crippen molar-refractivity contribution < 1.29 is 9.21 Å². The summed E-state index contributed by atoms with van der Waals surface area (Å²) in [5.41, 5.74) is 3.62. The number of piperidine rings is 1. The molecule has 150 valence electrons. The molecule has 0 aliphatic carbocycles. The zero-order chi connectivity index (χ0) is 20.0. The summed E-state index contributed by atoms with van der Waals surface area (Å²) in [6.45, 7) is 2.44. The van der Waals surface area contributed by atoms with Gasteiger partial charge in [-0.25, -0.2) is 0 Å². The van der Waals surface area contributed by atoms with Crippen LogP contribution in [0.2, 0.25) is 0 Å². The van der Waals surface area contributed by atoms with E-state index in [1.54, 1.807) is 0 Å². The molecule has 0 saturated carbocycles. The van der Waals surface area contributed by atoms with E-state index in [9.17, 15) is 4.79 Å². The summed E-state index contributed by atoms with van der Waals surface area (Å²) >= 11 is 5.75. The molecule has 1 N–H and O–H groups in total. The van der Waals surface area contributed by atoms with E-state index in [1.807, 2.05) is 36.6 Å². The summed E-state index contributed by atoms with van der Waals surface area (Å²) in [4.78, 5) is 15.4. The molecule has 29 heavy (non-hydrogen) atoms. The number of carbonyl (C=O) groups excluding carboxylic acids is 1. The van der Waals surface area contributed by atoms with Crippen LogP contribution in [0, 0.1) is 3.57 Å². The number of halogens is 2. The Labute approximate surface area is 192 Å². The lowest BCUT2D eigenvalue weighted by molar-refractivity contribution is 0.102. The van der Waals surface area contributed by atoms with Crippen molar-refractivity contribution in [3.05, 3.63) is 61.8 Å². The van der Waals surface area contributed by atoms with Crippen molar-refractivity contribution in [3.8, 4) is 0 Å². The first-order chi connectivity index (χ1) is 14.1. The van der Waals surface area contributed by atoms with Crippen LogP contribution in [0.3, 0.4) is 0 Å². The Hall–Kier alpha value is -1.38. The molecular weight excluding hydrogens is 543 g/mol. The van der Waals surface area contributed by atoms with Gasteiger partial charge in [-0.05, 0) is 114 Å². The van der Waals surface area contributed by atoms with Crippen LogP contribution in [-0.2, 0) is 0 Å². The molecule has 2 fully saturated rings. The first kappa shape index (κ1) is 19.6. The number of furan rings is 1. The van der Waals surface area contributed by atoms with E-state index in [1.165, 1.54) is 44.3 Å². The smallest absolute Gasteiger partial charge is 0.256 e. The maximum Gasteiger partial charge on any atom is 0.256 e. The molecule has 3 heterocycles. The molecule has 0 spiro atoms. The van der Waals surface area contributed by atoms with Crippen LogP contribution in [0.4, 0.5) is 5.69 Å². The summed E-state index contributed by atoms with van der Waals surface area (Å²) in [6.07, 6.45) is 6.96. The highest BCUT2D eigenvalue weighted by molar-refractivity contribution is 14.1. The maximum absolute atomic E-state index is 12.8. The molecule has 2 saturated heterocycles. The Bertz CT molecular complexity index is 1080. The van der Waals surface area contributed by atoms with Crippen molar-refractivity contribution in [2.75, 3.05) is 18.4 Å². The van der Waals surface area contributed by atoms with E-state index in [0.29, 0.717) is 11.5 Å². The molecule has 0 bridgehead atoms. The molecule has 2 aromatic carbocycles. The zero-order valence-corrected chi connectivity index (χ0v) is 19.7. The van der Waals surface area contributed by atoms with Crippen molar-refractivity contribution >= 4 is 61.1 Å². The van der Waals surface area contributed by atoms with Crippen LogP contribution < -0.4 is 5.32 Å². The molecule has 6 heteroatoms. The van der Waals surface area contributed by atoms with E-state index >= 15 is 0 Å². The van der Waals surface area contributed by atoms with Crippen molar-refractivity contribution in [2.24, 2.45) is 0 Å². The number of nitrogens with zero attached hydrogens (tertiary/aromatic N) is 1. The lowest BCUT2D eigenvalue weighted by atomic mass is 9.85. The topological polar surface area (TPSA) is 45.5 Å². The number of anilines is 1. The number of hydrogen-bond donors (Lipinski definition) is 1. The molecular formula is C23H22BrIN2O2. The molecule has 4 nitrogen and oxygen atoms in total. The molecule has 2 aliphatic rings. The van der Waals surface area contributed by atoms with Crippen LogP contribution in [0.15, 0.2) is 51.6 Å². The monoisotopic (exact) mass is 564 g/mol. The second-order valence-electron chi connectivity index (χ2n) is 8.01. The van der Waals surface area contributed by atoms with Crippen molar-refractivity contribution in [1.29, 1.82) is 0 Å². The number of hydrogen-bond acceptors (Lipinski definition) is 3. The number of nitrogens with one attached hydrogen (secondary N) is 1. The fourth-order valence-corrected chi connectivity index (χ4v) is 5.77. The third-order valence-electron chi connectivity index (χ3n) is 6.32. The van der Waals surface area contributed by atoms with Gasteiger partial charge in [0, 0.05) is 30.7 Å². The molecule has 0 radical (unpaired) electrons. The lowest BCUT2D eigenvalue weighted by Gasteiger charge is -2.34. The van der Waals surface area contributed by atoms with Gasteiger partial charge in [0.15, 0.2) is 0 Å². The molecule has 3 aromatic rings. The zero-order valence-electron chi connectivity index (χ0n) is 16.0. The van der Waals surface area contributed by atoms with Crippen molar-refractivity contribution in [2.45, 2.75) is 37.6 Å². The largest absolute Gasteiger partial charge is 0.464 e. The summed E-state index contributed by atoms with van der Waals surface area (Å²) in [6, 6.07) is 12.4. The van der Waals surface area contributed by atoms with Gasteiger partial charge in [0.1, 0.15) is 5.58 Å². The van der Waals surface area contributed by atoms with E-state index < -0.39 is 0 Å². The summed E-state index contributed by atoms with van der Waals surface area (Å²) in [5, 5.41) is 4.18. The summed E-state index contributed by atoms with van der Waals surface area (Å²) < 4.78 is 7.70. The minimum absolute atomic E-state index is 0.112. The first-order valence-electron chi connectivity index (χ1n) is 10.1. The minimum atomic E-state index is -0.112. The molecule has 2 atom stereocenters. The molecule has 1 amide bonds. The van der Waals surface area contributed by atoms with E-state index in [2.05, 4.69) is 54.8 Å². The van der Waals surface area contributed by atoms with Crippen LogP contribution in [0.1, 0.15) is 47.5 Å². The average Bonchev–Trinajstić information content (AvgIpc) is 3.35. The molecule has 1 aromatic heterocycles. The minimum Gasteiger partial charge on any atom is -0.464 e. The summed E-state index contributed by atoms with van der Waals surface area (Å²) in [7, 11) is 0. The van der Waals surface area contributed by atoms with Crippen molar-refractivity contribution in [1.82, 2.24) is 4.90 Å². The number of rotatable bonds is 3. The van der Waals surface area contributed by atoms with E-state index in [4.69, 9.17) is 4.42 Å². The normalized spacial score (nSPS) is 22.0. The van der Waals surface area contributed by atoms with Gasteiger partial charge in [-0.15, -0.1) is 0 Å². The van der Waals surface area contributed by atoms with Gasteiger partial charge >= 0.3 is 0 Å². The number of benzene rings is 2. The fraction of sp³-hybridized carbons (Fsp3) is 0.348. The van der Waals surface area contributed by atoms with Crippen LogP contribution >= 0.6 is 38.5 Å². The van der Waals surface area contributed by atoms with E-state index in [-0.39, 0.29) is 5.91 Å². The molecule has 2 aliphatic heterocycles. The van der Waals surface area contributed by atoms with Crippen LogP contribution in [-0.4, -0.2) is 29.9 Å². The predicted molar refractivity (Wildman–Crippen MR) is 128 cm³/mol. The molecule has 2 unspecified atom stereocenters. The predicted octanol–water partition coefficient (Wildman–Crippen LogP) is 6.39. The van der Waals surface area contributed by atoms with Gasteiger partial charge in [0.25, 0.3) is 5.91 Å². The number of carbonyl (C=O) groups is 1. The Morgan fingerprint density at radius 3 is 3.00 bits per heavy atom. The molecule has 5 rings (SSSR count). The Morgan fingerprint density at radius 2 is 2.10 bits per heavy atom. The third kappa shape index (κ3) is 3.75. The van der Waals surface area contributed by atoms with E-state index in [0.717, 1.165) is 30.7 Å². The Kier molecular flexibility index (Phi) is 5.43. The Morgan fingerprint density at radius 1 is 1.21 bits per heavy atom. The number of amides is 1. The Balaban J connectivity index is 1.41. The van der Waals surface area contributed by atoms with Crippen LogP contribution in [0.5, 0.6) is 0 Å². The first-order valence-corrected chi connectivity index (χ1v) is 12.0. The average molecular weight is 565 g/mol. The second kappa shape index (κ2) is 8.04. The summed E-state index contributed by atoms with van der Waals surface area (Å²) in [5.74, 6) is 0.422. The maximum atomic E-state index is 12.8. The quantitative estimate of drug-likeness (QED) is 0.375. The number of fused-ring (bicyclic) bond motifs is 2. The fourth-order valence-electron chi connectivity index (χ4n) is 4.83. The van der Waals surface area contributed by atoms with Gasteiger partial charge < -0.3 is 14.6 Å².